The van der Waals surface area contributed by atoms with Gasteiger partial charge in [-0.2, -0.15) is 0 Å². The Hall–Kier alpha value is 1.25. The second-order valence-electron chi connectivity index (χ2n) is 1.53. The Balaban J connectivity index is -0.000000126. The van der Waals surface area contributed by atoms with Gasteiger partial charge in [-0.1, -0.05) is 0 Å². The second-order valence-corrected chi connectivity index (χ2v) is 2.56. The fourth-order valence-electron chi connectivity index (χ4n) is 0.0577. The van der Waals surface area contributed by atoms with Crippen LogP contribution in [0.5, 0.6) is 0 Å². The smallest absolute Gasteiger partial charge is 0.394 e. The SMILES string of the molecule is O=P(O)(O)O.OCC(O)CO.[Ca+2]. The van der Waals surface area contributed by atoms with Crippen LogP contribution in [0.3, 0.4) is 0 Å². The van der Waals surface area contributed by atoms with Crippen LogP contribution in [-0.4, -0.2) is 87.1 Å². The van der Waals surface area contributed by atoms with E-state index >= 15 is 0 Å². The number of rotatable bonds is 2. The van der Waals surface area contributed by atoms with Crippen molar-refractivity contribution in [2.24, 2.45) is 0 Å². The minimum atomic E-state index is -4.64. The molecule has 0 unspecified atom stereocenters. The molecule has 0 saturated heterocycles. The third-order valence-corrected chi connectivity index (χ3v) is 0.421. The van der Waals surface area contributed by atoms with E-state index in [9.17, 15) is 0 Å². The number of phosphoric acid groups is 1. The maximum Gasteiger partial charge on any atom is 2.00 e. The minimum Gasteiger partial charge on any atom is -0.394 e. The average Bonchev–Trinajstić information content (AvgIpc) is 1.83. The summed E-state index contributed by atoms with van der Waals surface area (Å²) in [7, 11) is -4.64. The van der Waals surface area contributed by atoms with Crippen LogP contribution in [0.2, 0.25) is 0 Å². The van der Waals surface area contributed by atoms with Crippen molar-refractivity contribution in [3.05, 3.63) is 0 Å². The molecule has 0 rings (SSSR count). The van der Waals surface area contributed by atoms with E-state index in [0.717, 1.165) is 0 Å². The van der Waals surface area contributed by atoms with Crippen LogP contribution in [-0.2, 0) is 4.57 Å². The van der Waals surface area contributed by atoms with E-state index in [4.69, 9.17) is 34.6 Å². The normalized spacial score (nSPS) is 9.92. The number of hydrogen-bond donors (Lipinski definition) is 6. The van der Waals surface area contributed by atoms with Gasteiger partial charge in [-0.3, -0.25) is 0 Å². The zero-order valence-electron chi connectivity index (χ0n) is 6.24. The first-order valence-electron chi connectivity index (χ1n) is 2.49. The number of aliphatic hydroxyl groups is 3. The van der Waals surface area contributed by atoms with Gasteiger partial charge in [0.15, 0.2) is 0 Å². The second kappa shape index (κ2) is 10.3. The molecule has 0 fully saturated rings. The third kappa shape index (κ3) is 42.9. The first-order valence-corrected chi connectivity index (χ1v) is 4.05. The first-order chi connectivity index (χ1) is 4.81. The standard InChI is InChI=1S/C3H8O3.Ca.H3O4P/c4-1-3(6)2-5;;1-5(2,3)4/h3-6H,1-2H2;;(H3,1,2,3,4)/q;+2;. The van der Waals surface area contributed by atoms with E-state index < -0.39 is 13.9 Å². The number of aliphatic hydroxyl groups excluding tert-OH is 3. The largest absolute Gasteiger partial charge is 2.00 e. The molecule has 0 aromatic rings. The molecular weight excluding hydrogens is 219 g/mol. The van der Waals surface area contributed by atoms with Crippen molar-refractivity contribution in [2.75, 3.05) is 13.2 Å². The predicted octanol–water partition coefficient (Wildman–Crippen LogP) is -2.98. The fraction of sp³-hybridized carbons (Fsp3) is 1.00. The minimum absolute atomic E-state index is 0. The third-order valence-electron chi connectivity index (χ3n) is 0.421. The molecule has 0 bridgehead atoms. The summed E-state index contributed by atoms with van der Waals surface area (Å²) in [6.45, 7) is -0.729. The molecule has 70 valence electrons. The summed E-state index contributed by atoms with van der Waals surface area (Å²) in [4.78, 5) is 21.6. The van der Waals surface area contributed by atoms with E-state index in [-0.39, 0.29) is 51.0 Å². The first kappa shape index (κ1) is 18.9. The van der Waals surface area contributed by atoms with Gasteiger partial charge < -0.3 is 30.0 Å². The van der Waals surface area contributed by atoms with Crippen molar-refractivity contribution < 1.29 is 34.6 Å². The van der Waals surface area contributed by atoms with E-state index in [1.165, 1.54) is 0 Å². The van der Waals surface area contributed by atoms with Gasteiger partial charge in [-0.05, 0) is 0 Å². The molecule has 0 radical (unpaired) electrons. The molecule has 7 nitrogen and oxygen atoms in total. The maximum absolute atomic E-state index is 8.88. The van der Waals surface area contributed by atoms with E-state index in [0.29, 0.717) is 0 Å². The summed E-state index contributed by atoms with van der Waals surface area (Å²) in [6.07, 6.45) is -0.954. The molecule has 0 atom stereocenters. The molecule has 0 spiro atoms. The molecule has 0 aliphatic heterocycles. The Bertz CT molecular complexity index is 112. The van der Waals surface area contributed by atoms with Crippen molar-refractivity contribution in [1.29, 1.82) is 0 Å². The Labute approximate surface area is 98.9 Å². The monoisotopic (exact) mass is 230 g/mol. The quantitative estimate of drug-likeness (QED) is 0.220. The summed E-state index contributed by atoms with van der Waals surface area (Å²) < 4.78 is 8.88. The zero-order valence-corrected chi connectivity index (χ0v) is 9.34. The Morgan fingerprint density at radius 3 is 1.25 bits per heavy atom. The molecule has 6 N–H and O–H groups in total. The molecule has 0 aromatic heterocycles. The van der Waals surface area contributed by atoms with Gasteiger partial charge in [0, 0.05) is 0 Å². The van der Waals surface area contributed by atoms with Crippen molar-refractivity contribution in [3.63, 3.8) is 0 Å². The summed E-state index contributed by atoms with van der Waals surface area (Å²) in [5.74, 6) is 0. The van der Waals surface area contributed by atoms with Gasteiger partial charge in [-0.15, -0.1) is 0 Å². The van der Waals surface area contributed by atoms with E-state index in [1.807, 2.05) is 0 Å². The van der Waals surface area contributed by atoms with Crippen LogP contribution in [0.4, 0.5) is 0 Å². The zero-order chi connectivity index (χ0) is 9.49. The molecule has 0 aliphatic rings. The summed E-state index contributed by atoms with van der Waals surface area (Å²) >= 11 is 0. The Kier molecular flexibility index (Phi) is 16.3. The van der Waals surface area contributed by atoms with E-state index in [2.05, 4.69) is 0 Å². The van der Waals surface area contributed by atoms with Crippen molar-refractivity contribution in [3.8, 4) is 0 Å². The fourth-order valence-corrected chi connectivity index (χ4v) is 0.0577. The van der Waals surface area contributed by atoms with Gasteiger partial charge in [0.25, 0.3) is 0 Å². The summed E-state index contributed by atoms with van der Waals surface area (Å²) in [6, 6.07) is 0. The predicted molar refractivity (Wildman–Crippen MR) is 40.2 cm³/mol. The van der Waals surface area contributed by atoms with Crippen LogP contribution in [0, 0.1) is 0 Å². The molecule has 0 aromatic carbocycles. The van der Waals surface area contributed by atoms with Crippen molar-refractivity contribution >= 4 is 45.6 Å². The molecule has 0 aliphatic carbocycles. The molecule has 9 heteroatoms. The summed E-state index contributed by atoms with van der Waals surface area (Å²) in [5.41, 5.74) is 0. The van der Waals surface area contributed by atoms with Gasteiger partial charge in [0.05, 0.1) is 13.2 Å². The van der Waals surface area contributed by atoms with Crippen LogP contribution in [0.25, 0.3) is 0 Å². The maximum atomic E-state index is 8.88. The number of hydrogen-bond acceptors (Lipinski definition) is 4. The van der Waals surface area contributed by atoms with E-state index in [1.54, 1.807) is 0 Å². The summed E-state index contributed by atoms with van der Waals surface area (Å²) in [5, 5.41) is 24.0. The topological polar surface area (TPSA) is 138 Å². The van der Waals surface area contributed by atoms with Gasteiger partial charge in [-0.25, -0.2) is 4.57 Å². The molecule has 12 heavy (non-hydrogen) atoms. The van der Waals surface area contributed by atoms with Crippen LogP contribution in [0.1, 0.15) is 0 Å². The molecule has 0 amide bonds. The van der Waals surface area contributed by atoms with Crippen LogP contribution < -0.4 is 0 Å². The Morgan fingerprint density at radius 2 is 1.25 bits per heavy atom. The van der Waals surface area contributed by atoms with Crippen LogP contribution >= 0.6 is 7.82 Å². The van der Waals surface area contributed by atoms with Gasteiger partial charge in [0.1, 0.15) is 6.10 Å². The van der Waals surface area contributed by atoms with Crippen molar-refractivity contribution in [1.82, 2.24) is 0 Å². The van der Waals surface area contributed by atoms with Crippen LogP contribution in [0.15, 0.2) is 0 Å². The molecule has 0 saturated carbocycles. The van der Waals surface area contributed by atoms with Gasteiger partial charge >= 0.3 is 45.6 Å². The Morgan fingerprint density at radius 1 is 1.08 bits per heavy atom. The van der Waals surface area contributed by atoms with Gasteiger partial charge in [0.2, 0.25) is 0 Å². The van der Waals surface area contributed by atoms with Crippen molar-refractivity contribution in [2.45, 2.75) is 6.10 Å². The average molecular weight is 230 g/mol. The molecular formula is C3H11CaO7P+2. The molecule has 0 heterocycles.